The first-order valence-electron chi connectivity index (χ1n) is 8.51. The largest absolute Gasteiger partial charge is 0.344 e. The van der Waals surface area contributed by atoms with E-state index in [4.69, 9.17) is 0 Å². The molecule has 2 rings (SSSR count). The maximum absolute atomic E-state index is 12.5. The van der Waals surface area contributed by atoms with Gasteiger partial charge in [0.2, 0.25) is 11.8 Å². The summed E-state index contributed by atoms with van der Waals surface area (Å²) in [5.41, 5.74) is 1.03. The molecule has 0 unspecified atom stereocenters. The average molecular weight is 317 g/mol. The van der Waals surface area contributed by atoms with Crippen molar-refractivity contribution in [1.29, 1.82) is 0 Å². The third-order valence-electron chi connectivity index (χ3n) is 4.39. The second kappa shape index (κ2) is 8.09. The van der Waals surface area contributed by atoms with Gasteiger partial charge >= 0.3 is 0 Å². The molecule has 0 spiro atoms. The first-order chi connectivity index (χ1) is 11.0. The molecule has 5 heteroatoms. The Hall–Kier alpha value is -1.91. The molecule has 1 aromatic heterocycles. The van der Waals surface area contributed by atoms with Crippen LogP contribution in [0.5, 0.6) is 0 Å². The average Bonchev–Trinajstić information content (AvgIpc) is 2.52. The summed E-state index contributed by atoms with van der Waals surface area (Å²) in [6, 6.07) is 3.16. The van der Waals surface area contributed by atoms with E-state index in [-0.39, 0.29) is 23.7 Å². The summed E-state index contributed by atoms with van der Waals surface area (Å²) < 4.78 is 0. The van der Waals surface area contributed by atoms with Crippen molar-refractivity contribution < 1.29 is 9.59 Å². The molecule has 2 N–H and O–H groups in total. The molecular formula is C18H27N3O2. The highest BCUT2D eigenvalue weighted by Gasteiger charge is 2.28. The molecule has 1 saturated carbocycles. The zero-order valence-electron chi connectivity index (χ0n) is 14.3. The molecule has 0 saturated heterocycles. The third-order valence-corrected chi connectivity index (χ3v) is 4.39. The molecule has 23 heavy (non-hydrogen) atoms. The Morgan fingerprint density at radius 1 is 1.22 bits per heavy atom. The molecule has 126 valence electrons. The lowest BCUT2D eigenvalue weighted by molar-refractivity contribution is -0.130. The van der Waals surface area contributed by atoms with Crippen molar-refractivity contribution in [2.75, 3.05) is 5.32 Å². The summed E-state index contributed by atoms with van der Waals surface area (Å²) in [6.45, 7) is 5.83. The molecule has 0 aliphatic heterocycles. The lowest BCUT2D eigenvalue weighted by Gasteiger charge is -2.26. The van der Waals surface area contributed by atoms with Crippen LogP contribution in [0.25, 0.3) is 0 Å². The highest BCUT2D eigenvalue weighted by Crippen LogP contribution is 2.24. The molecule has 0 bridgehead atoms. The summed E-state index contributed by atoms with van der Waals surface area (Å²) in [7, 11) is 0. The zero-order valence-corrected chi connectivity index (χ0v) is 14.3. The summed E-state index contributed by atoms with van der Waals surface area (Å²) in [4.78, 5) is 29.1. The monoisotopic (exact) mass is 317 g/mol. The molecule has 0 radical (unpaired) electrons. The van der Waals surface area contributed by atoms with Crippen molar-refractivity contribution in [3.05, 3.63) is 23.9 Å². The van der Waals surface area contributed by atoms with Crippen LogP contribution in [0.1, 0.15) is 51.5 Å². The minimum atomic E-state index is -0.535. The predicted octanol–water partition coefficient (Wildman–Crippen LogP) is 3.05. The van der Waals surface area contributed by atoms with Crippen molar-refractivity contribution in [2.24, 2.45) is 11.8 Å². The van der Waals surface area contributed by atoms with E-state index < -0.39 is 6.04 Å². The molecule has 0 aromatic carbocycles. The molecule has 2 amide bonds. The van der Waals surface area contributed by atoms with Crippen LogP contribution < -0.4 is 10.6 Å². The zero-order chi connectivity index (χ0) is 16.8. The van der Waals surface area contributed by atoms with E-state index in [1.165, 1.54) is 6.42 Å². The van der Waals surface area contributed by atoms with Gasteiger partial charge in [-0.25, -0.2) is 4.98 Å². The summed E-state index contributed by atoms with van der Waals surface area (Å²) in [6.07, 6.45) is 6.93. The van der Waals surface area contributed by atoms with E-state index in [0.29, 0.717) is 5.82 Å². The number of carbonyl (C=O) groups is 2. The minimum Gasteiger partial charge on any atom is -0.344 e. The van der Waals surface area contributed by atoms with Crippen LogP contribution in [0.2, 0.25) is 0 Å². The van der Waals surface area contributed by atoms with Gasteiger partial charge in [-0.2, -0.15) is 0 Å². The van der Waals surface area contributed by atoms with Crippen LogP contribution in [-0.2, 0) is 9.59 Å². The molecule has 1 heterocycles. The second-order valence-corrected chi connectivity index (χ2v) is 6.77. The lowest BCUT2D eigenvalue weighted by Crippen LogP contribution is -2.49. The standard InChI is InChI=1S/C18H27N3O2/c1-12(2)16(21-17(22)14-7-5-4-6-8-14)18(23)20-15-11-13(3)9-10-19-15/h9-12,14,16H,4-8H2,1-3H3,(H,21,22)(H,19,20,23)/t16-/m0/s1. The number of hydrogen-bond donors (Lipinski definition) is 2. The van der Waals surface area contributed by atoms with E-state index >= 15 is 0 Å². The Morgan fingerprint density at radius 2 is 1.91 bits per heavy atom. The Labute approximate surface area is 138 Å². The summed E-state index contributed by atoms with van der Waals surface area (Å²) in [5, 5.41) is 5.75. The predicted molar refractivity (Wildman–Crippen MR) is 90.9 cm³/mol. The number of carbonyl (C=O) groups excluding carboxylic acids is 2. The van der Waals surface area contributed by atoms with Gasteiger partial charge in [-0.05, 0) is 43.4 Å². The Morgan fingerprint density at radius 3 is 2.52 bits per heavy atom. The molecule has 1 aliphatic rings. The molecule has 1 aliphatic carbocycles. The van der Waals surface area contributed by atoms with Gasteiger partial charge < -0.3 is 10.6 Å². The number of rotatable bonds is 5. The van der Waals surface area contributed by atoms with Crippen molar-refractivity contribution in [3.8, 4) is 0 Å². The van der Waals surface area contributed by atoms with Gasteiger partial charge in [0.1, 0.15) is 11.9 Å². The number of amides is 2. The number of pyridine rings is 1. The lowest BCUT2D eigenvalue weighted by atomic mass is 9.88. The van der Waals surface area contributed by atoms with Gasteiger partial charge in [0.25, 0.3) is 0 Å². The number of nitrogens with one attached hydrogen (secondary N) is 2. The normalized spacial score (nSPS) is 16.9. The second-order valence-electron chi connectivity index (χ2n) is 6.77. The SMILES string of the molecule is Cc1ccnc(NC(=O)[C@@H](NC(=O)C2CCCCC2)C(C)C)c1. The first kappa shape index (κ1) is 17.4. The van der Waals surface area contributed by atoms with Gasteiger partial charge in [0.05, 0.1) is 0 Å². The Balaban J connectivity index is 1.99. The van der Waals surface area contributed by atoms with Gasteiger partial charge in [0, 0.05) is 12.1 Å². The molecule has 1 atom stereocenters. The van der Waals surface area contributed by atoms with Crippen molar-refractivity contribution in [1.82, 2.24) is 10.3 Å². The fourth-order valence-electron chi connectivity index (χ4n) is 2.98. The highest BCUT2D eigenvalue weighted by atomic mass is 16.2. The molecule has 1 aromatic rings. The van der Waals surface area contributed by atoms with E-state index in [9.17, 15) is 9.59 Å². The molecule has 5 nitrogen and oxygen atoms in total. The third kappa shape index (κ3) is 5.05. The maximum Gasteiger partial charge on any atom is 0.248 e. The Kier molecular flexibility index (Phi) is 6.13. The van der Waals surface area contributed by atoms with E-state index in [1.54, 1.807) is 6.20 Å². The van der Waals surface area contributed by atoms with Gasteiger partial charge in [-0.3, -0.25) is 9.59 Å². The summed E-state index contributed by atoms with van der Waals surface area (Å²) >= 11 is 0. The Bertz CT molecular complexity index is 551. The topological polar surface area (TPSA) is 71.1 Å². The van der Waals surface area contributed by atoms with Crippen molar-refractivity contribution >= 4 is 17.6 Å². The van der Waals surface area contributed by atoms with E-state index in [0.717, 1.165) is 31.2 Å². The number of nitrogens with zero attached hydrogens (tertiary/aromatic N) is 1. The molecule has 1 fully saturated rings. The quantitative estimate of drug-likeness (QED) is 0.877. The number of hydrogen-bond acceptors (Lipinski definition) is 3. The van der Waals surface area contributed by atoms with Crippen LogP contribution in [0, 0.1) is 18.8 Å². The number of aryl methyl sites for hydroxylation is 1. The maximum atomic E-state index is 12.5. The van der Waals surface area contributed by atoms with Gasteiger partial charge in [-0.1, -0.05) is 33.1 Å². The highest BCUT2D eigenvalue weighted by molar-refractivity contribution is 5.97. The van der Waals surface area contributed by atoms with Gasteiger partial charge in [0.15, 0.2) is 0 Å². The number of anilines is 1. The van der Waals surface area contributed by atoms with Crippen LogP contribution in [0.3, 0.4) is 0 Å². The van der Waals surface area contributed by atoms with E-state index in [1.807, 2.05) is 32.9 Å². The number of aromatic nitrogens is 1. The fourth-order valence-corrected chi connectivity index (χ4v) is 2.98. The van der Waals surface area contributed by atoms with Crippen LogP contribution in [0.4, 0.5) is 5.82 Å². The van der Waals surface area contributed by atoms with E-state index in [2.05, 4.69) is 15.6 Å². The van der Waals surface area contributed by atoms with Crippen LogP contribution in [-0.4, -0.2) is 22.8 Å². The van der Waals surface area contributed by atoms with Crippen LogP contribution >= 0.6 is 0 Å². The van der Waals surface area contributed by atoms with Crippen molar-refractivity contribution in [2.45, 2.75) is 58.9 Å². The van der Waals surface area contributed by atoms with Gasteiger partial charge in [-0.15, -0.1) is 0 Å². The summed E-state index contributed by atoms with van der Waals surface area (Å²) in [5.74, 6) is 0.396. The van der Waals surface area contributed by atoms with Crippen LogP contribution in [0.15, 0.2) is 18.3 Å². The van der Waals surface area contributed by atoms with Crippen molar-refractivity contribution in [3.63, 3.8) is 0 Å². The first-order valence-corrected chi connectivity index (χ1v) is 8.51. The molecular weight excluding hydrogens is 290 g/mol. The smallest absolute Gasteiger partial charge is 0.248 e. The fraction of sp³-hybridized carbons (Fsp3) is 0.611. The minimum absolute atomic E-state index is 0.00996.